The Kier molecular flexibility index (Phi) is 3.11. The standard InChI is InChI=1S/C8H13NO4/c1-3-12-8(11)9-6-4-5(2)13-7(6)10/h5-6H,3-4H2,1-2H3,(H,9,11). The summed E-state index contributed by atoms with van der Waals surface area (Å²) in [4.78, 5) is 21.9. The van der Waals surface area contributed by atoms with Crippen LogP contribution in [0, 0.1) is 0 Å². The Morgan fingerprint density at radius 2 is 2.46 bits per heavy atom. The van der Waals surface area contributed by atoms with Crippen molar-refractivity contribution < 1.29 is 19.1 Å². The van der Waals surface area contributed by atoms with E-state index in [1.807, 2.05) is 0 Å². The molecule has 74 valence electrons. The minimum Gasteiger partial charge on any atom is -0.461 e. The lowest BCUT2D eigenvalue weighted by atomic mass is 10.2. The summed E-state index contributed by atoms with van der Waals surface area (Å²) >= 11 is 0. The van der Waals surface area contributed by atoms with Crippen molar-refractivity contribution in [1.82, 2.24) is 5.32 Å². The van der Waals surface area contributed by atoms with E-state index in [0.717, 1.165) is 0 Å². The zero-order valence-corrected chi connectivity index (χ0v) is 7.70. The van der Waals surface area contributed by atoms with E-state index in [0.29, 0.717) is 13.0 Å². The van der Waals surface area contributed by atoms with Crippen molar-refractivity contribution in [3.63, 3.8) is 0 Å². The molecule has 13 heavy (non-hydrogen) atoms. The van der Waals surface area contributed by atoms with Gasteiger partial charge in [-0.3, -0.25) is 0 Å². The van der Waals surface area contributed by atoms with Gasteiger partial charge in [-0.25, -0.2) is 9.59 Å². The maximum absolute atomic E-state index is 11.0. The molecule has 0 spiro atoms. The first kappa shape index (κ1) is 9.83. The molecule has 0 bridgehead atoms. The summed E-state index contributed by atoms with van der Waals surface area (Å²) in [5.74, 6) is -0.388. The molecule has 1 saturated heterocycles. The van der Waals surface area contributed by atoms with Crippen LogP contribution in [-0.4, -0.2) is 30.8 Å². The van der Waals surface area contributed by atoms with Crippen LogP contribution in [0.15, 0.2) is 0 Å². The molecule has 5 heteroatoms. The van der Waals surface area contributed by atoms with Crippen LogP contribution in [0.1, 0.15) is 20.3 Å². The number of rotatable bonds is 2. The number of carbonyl (C=O) groups excluding carboxylic acids is 2. The van der Waals surface area contributed by atoms with Crippen LogP contribution in [0.25, 0.3) is 0 Å². The number of cyclic esters (lactones) is 1. The first-order chi connectivity index (χ1) is 6.13. The summed E-state index contributed by atoms with van der Waals surface area (Å²) in [5.41, 5.74) is 0. The molecule has 2 atom stereocenters. The van der Waals surface area contributed by atoms with Crippen molar-refractivity contribution in [3.05, 3.63) is 0 Å². The van der Waals surface area contributed by atoms with Crippen molar-refractivity contribution in [2.24, 2.45) is 0 Å². The average Bonchev–Trinajstić information content (AvgIpc) is 2.30. The van der Waals surface area contributed by atoms with Crippen LogP contribution in [0.3, 0.4) is 0 Å². The molecule has 1 heterocycles. The third kappa shape index (κ3) is 2.61. The second-order valence-electron chi connectivity index (χ2n) is 2.90. The average molecular weight is 187 g/mol. The van der Waals surface area contributed by atoms with Gasteiger partial charge in [-0.2, -0.15) is 0 Å². The Labute approximate surface area is 76.4 Å². The number of alkyl carbamates (subject to hydrolysis) is 1. The van der Waals surface area contributed by atoms with E-state index in [2.05, 4.69) is 10.1 Å². The molecule has 1 rings (SSSR count). The molecule has 1 aliphatic rings. The van der Waals surface area contributed by atoms with Gasteiger partial charge in [0.05, 0.1) is 6.61 Å². The minimum absolute atomic E-state index is 0.126. The van der Waals surface area contributed by atoms with Crippen LogP contribution in [0.2, 0.25) is 0 Å². The van der Waals surface area contributed by atoms with E-state index >= 15 is 0 Å². The van der Waals surface area contributed by atoms with Crippen LogP contribution in [0.5, 0.6) is 0 Å². The predicted octanol–water partition coefficient (Wildman–Crippen LogP) is 0.437. The molecule has 0 aliphatic carbocycles. The SMILES string of the molecule is CCOC(=O)NC1CC(C)OC1=O. The number of esters is 1. The first-order valence-corrected chi connectivity index (χ1v) is 4.27. The fraction of sp³-hybridized carbons (Fsp3) is 0.750. The lowest BCUT2D eigenvalue weighted by Crippen LogP contribution is -2.38. The maximum atomic E-state index is 11.0. The second kappa shape index (κ2) is 4.11. The summed E-state index contributed by atoms with van der Waals surface area (Å²) < 4.78 is 9.47. The van der Waals surface area contributed by atoms with E-state index in [1.54, 1.807) is 13.8 Å². The molecule has 1 aliphatic heterocycles. The number of amides is 1. The second-order valence-corrected chi connectivity index (χ2v) is 2.90. The third-order valence-corrected chi connectivity index (χ3v) is 1.74. The molecule has 0 aromatic heterocycles. The third-order valence-electron chi connectivity index (χ3n) is 1.74. The van der Waals surface area contributed by atoms with Gasteiger partial charge in [-0.05, 0) is 13.8 Å². The summed E-state index contributed by atoms with van der Waals surface area (Å²) in [6.07, 6.45) is -0.185. The quantitative estimate of drug-likeness (QED) is 0.637. The topological polar surface area (TPSA) is 64.6 Å². The Balaban J connectivity index is 2.37. The normalized spacial score (nSPS) is 26.8. The van der Waals surface area contributed by atoms with Gasteiger partial charge in [-0.15, -0.1) is 0 Å². The summed E-state index contributed by atoms with van der Waals surface area (Å²) in [5, 5.41) is 2.42. The Hall–Kier alpha value is -1.26. The molecular weight excluding hydrogens is 174 g/mol. The van der Waals surface area contributed by atoms with Crippen molar-refractivity contribution in [1.29, 1.82) is 0 Å². The van der Waals surface area contributed by atoms with E-state index < -0.39 is 12.1 Å². The Morgan fingerprint density at radius 1 is 1.77 bits per heavy atom. The maximum Gasteiger partial charge on any atom is 0.407 e. The molecule has 0 radical (unpaired) electrons. The Morgan fingerprint density at radius 3 is 2.92 bits per heavy atom. The minimum atomic E-state index is -0.571. The lowest BCUT2D eigenvalue weighted by molar-refractivity contribution is -0.142. The number of hydrogen-bond donors (Lipinski definition) is 1. The zero-order valence-electron chi connectivity index (χ0n) is 7.70. The van der Waals surface area contributed by atoms with Crippen LogP contribution in [-0.2, 0) is 14.3 Å². The summed E-state index contributed by atoms with van der Waals surface area (Å²) in [7, 11) is 0. The van der Waals surface area contributed by atoms with Crippen molar-refractivity contribution in [3.8, 4) is 0 Å². The van der Waals surface area contributed by atoms with E-state index in [-0.39, 0.29) is 12.1 Å². The van der Waals surface area contributed by atoms with Gasteiger partial charge in [0.25, 0.3) is 0 Å². The zero-order chi connectivity index (χ0) is 9.84. The largest absolute Gasteiger partial charge is 0.461 e. The highest BCUT2D eigenvalue weighted by Crippen LogP contribution is 2.13. The first-order valence-electron chi connectivity index (χ1n) is 4.27. The summed E-state index contributed by atoms with van der Waals surface area (Å²) in [6, 6.07) is -0.547. The van der Waals surface area contributed by atoms with Crippen LogP contribution >= 0.6 is 0 Å². The monoisotopic (exact) mass is 187 g/mol. The van der Waals surface area contributed by atoms with Gasteiger partial charge in [0, 0.05) is 6.42 Å². The van der Waals surface area contributed by atoms with E-state index in [9.17, 15) is 9.59 Å². The molecule has 0 saturated carbocycles. The van der Waals surface area contributed by atoms with Gasteiger partial charge in [-0.1, -0.05) is 0 Å². The molecular formula is C8H13NO4. The molecule has 5 nitrogen and oxygen atoms in total. The molecule has 1 amide bonds. The van der Waals surface area contributed by atoms with Crippen molar-refractivity contribution >= 4 is 12.1 Å². The molecule has 1 fully saturated rings. The molecule has 0 aromatic rings. The van der Waals surface area contributed by atoms with Crippen LogP contribution < -0.4 is 5.32 Å². The Bertz CT molecular complexity index is 216. The fourth-order valence-electron chi connectivity index (χ4n) is 1.19. The van der Waals surface area contributed by atoms with Crippen molar-refractivity contribution in [2.45, 2.75) is 32.4 Å². The number of carbonyl (C=O) groups is 2. The number of ether oxygens (including phenoxy) is 2. The van der Waals surface area contributed by atoms with Gasteiger partial charge >= 0.3 is 12.1 Å². The molecule has 2 unspecified atom stereocenters. The molecule has 0 aromatic carbocycles. The van der Waals surface area contributed by atoms with Crippen molar-refractivity contribution in [2.75, 3.05) is 6.61 Å². The van der Waals surface area contributed by atoms with Gasteiger partial charge < -0.3 is 14.8 Å². The predicted molar refractivity (Wildman–Crippen MR) is 44.1 cm³/mol. The highest BCUT2D eigenvalue weighted by atomic mass is 16.6. The molecule has 1 N–H and O–H groups in total. The van der Waals surface area contributed by atoms with E-state index in [4.69, 9.17) is 4.74 Å². The fourth-order valence-corrected chi connectivity index (χ4v) is 1.19. The number of nitrogens with one attached hydrogen (secondary N) is 1. The lowest BCUT2D eigenvalue weighted by Gasteiger charge is -2.07. The highest BCUT2D eigenvalue weighted by molar-refractivity contribution is 5.82. The van der Waals surface area contributed by atoms with Gasteiger partial charge in [0.1, 0.15) is 12.1 Å². The van der Waals surface area contributed by atoms with E-state index in [1.165, 1.54) is 0 Å². The van der Waals surface area contributed by atoms with Gasteiger partial charge in [0.15, 0.2) is 0 Å². The number of hydrogen-bond acceptors (Lipinski definition) is 4. The summed E-state index contributed by atoms with van der Waals surface area (Å²) in [6.45, 7) is 3.78. The highest BCUT2D eigenvalue weighted by Gasteiger charge is 2.33. The van der Waals surface area contributed by atoms with Crippen LogP contribution in [0.4, 0.5) is 4.79 Å². The van der Waals surface area contributed by atoms with Gasteiger partial charge in [0.2, 0.25) is 0 Å². The smallest absolute Gasteiger partial charge is 0.407 e.